The van der Waals surface area contributed by atoms with Gasteiger partial charge in [0.05, 0.1) is 0 Å². The van der Waals surface area contributed by atoms with Crippen molar-refractivity contribution in [3.8, 4) is 11.7 Å². The molecule has 0 radical (unpaired) electrons. The first kappa shape index (κ1) is 23.8. The van der Waals surface area contributed by atoms with Gasteiger partial charge in [-0.1, -0.05) is 86.5 Å². The van der Waals surface area contributed by atoms with Crippen LogP contribution in [0.25, 0.3) is 0 Å². The Hall–Kier alpha value is -0.155. The second-order valence-electron chi connectivity index (χ2n) is 8.37. The Bertz CT molecular complexity index is 411. The molecular weight excluding hydrogens is 355 g/mol. The van der Waals surface area contributed by atoms with Crippen molar-refractivity contribution < 1.29 is 0 Å². The first-order chi connectivity index (χ1) is 11.3. The lowest BCUT2D eigenvalue weighted by molar-refractivity contribution is 0.558. The van der Waals surface area contributed by atoms with E-state index in [0.29, 0.717) is 23.5 Å². The monoisotopic (exact) mass is 395 g/mol. The SMILES string of the molecule is CCCCC#C[B-](/C(Br)=C/CCCC)(C(C)C(C)C)C(C)C(C)C. The van der Waals surface area contributed by atoms with Crippen LogP contribution in [0.4, 0.5) is 0 Å². The summed E-state index contributed by atoms with van der Waals surface area (Å²) in [6.07, 6.45) is 8.68. The summed E-state index contributed by atoms with van der Waals surface area (Å²) in [5.74, 6) is 9.88. The molecule has 0 rings (SSSR count). The fourth-order valence-electron chi connectivity index (χ4n) is 3.67. The molecule has 0 aliphatic carbocycles. The maximum atomic E-state index is 4.03. The smallest absolute Gasteiger partial charge is 0.111 e. The van der Waals surface area contributed by atoms with Gasteiger partial charge in [-0.15, -0.1) is 39.6 Å². The fraction of sp³-hybridized carbons (Fsp3) is 0.818. The van der Waals surface area contributed by atoms with Crippen molar-refractivity contribution in [2.24, 2.45) is 11.8 Å². The van der Waals surface area contributed by atoms with Crippen LogP contribution in [-0.4, -0.2) is 6.15 Å². The number of hydrogen-bond acceptors (Lipinski definition) is 0. The normalized spacial score (nSPS) is 17.4. The number of hydrogen-bond donors (Lipinski definition) is 0. The van der Waals surface area contributed by atoms with Gasteiger partial charge in [-0.2, -0.15) is 4.38 Å². The lowest BCUT2D eigenvalue weighted by atomic mass is 9.12. The summed E-state index contributed by atoms with van der Waals surface area (Å²) in [6.45, 7) is 18.8. The highest BCUT2D eigenvalue weighted by atomic mass is 79.9. The Kier molecular flexibility index (Phi) is 12.2. The predicted octanol–water partition coefficient (Wildman–Crippen LogP) is 8.27. The molecule has 24 heavy (non-hydrogen) atoms. The molecule has 0 aliphatic heterocycles. The summed E-state index contributed by atoms with van der Waals surface area (Å²) >= 11 is 4.03. The molecule has 0 nitrogen and oxygen atoms in total. The summed E-state index contributed by atoms with van der Waals surface area (Å²) in [4.78, 5) is 0. The van der Waals surface area contributed by atoms with Crippen molar-refractivity contribution >= 4 is 22.1 Å². The lowest BCUT2D eigenvalue weighted by Gasteiger charge is -2.50. The van der Waals surface area contributed by atoms with Crippen molar-refractivity contribution in [2.45, 2.75) is 106 Å². The number of halogens is 1. The molecule has 2 heteroatoms. The Balaban J connectivity index is 6.00. The quantitative estimate of drug-likeness (QED) is 0.198. The molecule has 140 valence electrons. The highest BCUT2D eigenvalue weighted by Gasteiger charge is 2.38. The van der Waals surface area contributed by atoms with Crippen LogP contribution in [0.3, 0.4) is 0 Å². The van der Waals surface area contributed by atoms with E-state index in [-0.39, 0.29) is 0 Å². The molecule has 0 aromatic heterocycles. The zero-order valence-corrected chi connectivity index (χ0v) is 19.2. The molecule has 0 saturated carbocycles. The molecule has 0 spiro atoms. The number of unbranched alkanes of at least 4 members (excludes halogenated alkanes) is 4. The molecule has 0 aliphatic rings. The van der Waals surface area contributed by atoms with Gasteiger partial charge in [-0.05, 0) is 12.8 Å². The van der Waals surface area contributed by atoms with Gasteiger partial charge in [0.15, 0.2) is 0 Å². The predicted molar refractivity (Wildman–Crippen MR) is 118 cm³/mol. The highest BCUT2D eigenvalue weighted by molar-refractivity contribution is 9.12. The van der Waals surface area contributed by atoms with E-state index in [9.17, 15) is 0 Å². The Morgan fingerprint density at radius 3 is 1.83 bits per heavy atom. The summed E-state index contributed by atoms with van der Waals surface area (Å²) < 4.78 is 1.39. The third-order valence-corrected chi connectivity index (χ3v) is 7.19. The first-order valence-corrected chi connectivity index (χ1v) is 11.1. The van der Waals surface area contributed by atoms with E-state index in [0.717, 1.165) is 12.8 Å². The van der Waals surface area contributed by atoms with Crippen LogP contribution in [0.15, 0.2) is 10.5 Å². The molecule has 0 N–H and O–H groups in total. The van der Waals surface area contributed by atoms with Crippen LogP contribution >= 0.6 is 15.9 Å². The van der Waals surface area contributed by atoms with Crippen LogP contribution < -0.4 is 0 Å². The molecule has 0 bridgehead atoms. The van der Waals surface area contributed by atoms with Gasteiger partial charge in [0, 0.05) is 6.42 Å². The average Bonchev–Trinajstić information content (AvgIpc) is 2.54. The van der Waals surface area contributed by atoms with Crippen LogP contribution in [0.2, 0.25) is 11.6 Å². The lowest BCUT2D eigenvalue weighted by Crippen LogP contribution is -2.46. The molecule has 2 atom stereocenters. The van der Waals surface area contributed by atoms with Gasteiger partial charge in [-0.25, -0.2) is 0 Å². The Morgan fingerprint density at radius 1 is 0.917 bits per heavy atom. The maximum Gasteiger partial charge on any atom is 0.111 e. The Morgan fingerprint density at radius 2 is 1.42 bits per heavy atom. The summed E-state index contributed by atoms with van der Waals surface area (Å²) in [5.41, 5.74) is 0. The maximum absolute atomic E-state index is 4.03. The second-order valence-corrected chi connectivity index (χ2v) is 9.28. The standard InChI is InChI=1S/C22H41BBr/c1-9-11-13-15-17-23(20(7)18(3)4,21(8)19(5)6)22(24)16-14-12-10-2/h16,18-21H,9-14H2,1-8H3/q-1/b22-16-. The first-order valence-electron chi connectivity index (χ1n) is 10.3. The zero-order chi connectivity index (χ0) is 18.8. The molecule has 0 aromatic carbocycles. The minimum atomic E-state index is -0.898. The molecule has 0 amide bonds. The van der Waals surface area contributed by atoms with E-state index in [1.807, 2.05) is 0 Å². The molecular formula is C22H41BBr-. The molecule has 0 fully saturated rings. The topological polar surface area (TPSA) is 0 Å². The van der Waals surface area contributed by atoms with Crippen LogP contribution in [0.5, 0.6) is 0 Å². The van der Waals surface area contributed by atoms with Crippen LogP contribution in [0, 0.1) is 23.6 Å². The molecule has 0 aromatic rings. The summed E-state index contributed by atoms with van der Waals surface area (Å²) in [7, 11) is 0. The van der Waals surface area contributed by atoms with Gasteiger partial charge in [0.1, 0.15) is 6.15 Å². The fourth-order valence-corrected chi connectivity index (χ4v) is 4.85. The van der Waals surface area contributed by atoms with Gasteiger partial charge < -0.3 is 5.82 Å². The number of allylic oxidation sites excluding steroid dienone is 1. The van der Waals surface area contributed by atoms with Gasteiger partial charge >= 0.3 is 0 Å². The molecule has 0 saturated heterocycles. The van der Waals surface area contributed by atoms with Crippen molar-refractivity contribution in [3.05, 3.63) is 10.5 Å². The van der Waals surface area contributed by atoms with Crippen molar-refractivity contribution in [3.63, 3.8) is 0 Å². The summed E-state index contributed by atoms with van der Waals surface area (Å²) in [5, 5.41) is 0. The van der Waals surface area contributed by atoms with Crippen molar-refractivity contribution in [2.75, 3.05) is 0 Å². The minimum absolute atomic E-state index is 0.587. The van der Waals surface area contributed by atoms with Gasteiger partial charge in [0.2, 0.25) is 0 Å². The Labute approximate surface area is 161 Å². The van der Waals surface area contributed by atoms with Crippen LogP contribution in [0.1, 0.15) is 93.9 Å². The van der Waals surface area contributed by atoms with E-state index in [4.69, 9.17) is 0 Å². The van der Waals surface area contributed by atoms with E-state index >= 15 is 0 Å². The van der Waals surface area contributed by atoms with E-state index in [2.05, 4.69) is 89.1 Å². The third kappa shape index (κ3) is 6.63. The number of rotatable bonds is 10. The van der Waals surface area contributed by atoms with E-state index < -0.39 is 6.15 Å². The van der Waals surface area contributed by atoms with Crippen molar-refractivity contribution in [1.29, 1.82) is 0 Å². The van der Waals surface area contributed by atoms with Gasteiger partial charge in [0.25, 0.3) is 0 Å². The largest absolute Gasteiger partial charge is 0.308 e. The minimum Gasteiger partial charge on any atom is -0.308 e. The second kappa shape index (κ2) is 12.2. The van der Waals surface area contributed by atoms with E-state index in [1.54, 1.807) is 0 Å². The molecule has 2 unspecified atom stereocenters. The third-order valence-electron chi connectivity index (χ3n) is 6.11. The van der Waals surface area contributed by atoms with E-state index in [1.165, 1.54) is 30.1 Å². The molecule has 0 heterocycles. The highest BCUT2D eigenvalue weighted by Crippen LogP contribution is 2.47. The van der Waals surface area contributed by atoms with Gasteiger partial charge in [-0.3, -0.25) is 0 Å². The summed E-state index contributed by atoms with van der Waals surface area (Å²) in [6, 6.07) is 0. The average molecular weight is 396 g/mol. The van der Waals surface area contributed by atoms with Crippen molar-refractivity contribution in [1.82, 2.24) is 0 Å². The van der Waals surface area contributed by atoms with Crippen LogP contribution in [-0.2, 0) is 0 Å². The zero-order valence-electron chi connectivity index (χ0n) is 17.6.